The lowest BCUT2D eigenvalue weighted by Gasteiger charge is -2.20. The van der Waals surface area contributed by atoms with Gasteiger partial charge < -0.3 is 9.84 Å². The SMILES string of the molecule is O=C(O)CC1SC(c2ccccc2)N(c2nnc(COc3c(Cl)cc(Cl)cc3Cl)s2)C1=O. The van der Waals surface area contributed by atoms with Crippen LogP contribution >= 0.6 is 57.9 Å². The highest BCUT2D eigenvalue weighted by Gasteiger charge is 2.44. The highest BCUT2D eigenvalue weighted by molar-refractivity contribution is 8.01. The fourth-order valence-electron chi connectivity index (χ4n) is 3.08. The van der Waals surface area contributed by atoms with E-state index in [1.54, 1.807) is 0 Å². The van der Waals surface area contributed by atoms with E-state index in [1.165, 1.54) is 40.1 Å². The zero-order valence-corrected chi connectivity index (χ0v) is 20.0. The summed E-state index contributed by atoms with van der Waals surface area (Å²) in [6.07, 6.45) is -0.272. The van der Waals surface area contributed by atoms with Crippen LogP contribution in [0.4, 0.5) is 5.13 Å². The molecule has 7 nitrogen and oxygen atoms in total. The molecule has 32 heavy (non-hydrogen) atoms. The van der Waals surface area contributed by atoms with Gasteiger partial charge in [-0.25, -0.2) is 0 Å². The number of amides is 1. The maximum Gasteiger partial charge on any atom is 0.305 e. The Labute approximate surface area is 206 Å². The van der Waals surface area contributed by atoms with Crippen molar-refractivity contribution in [3.8, 4) is 5.75 Å². The Balaban J connectivity index is 1.57. The third-order valence-corrected chi connectivity index (χ3v) is 7.56. The molecule has 1 aliphatic rings. The van der Waals surface area contributed by atoms with Crippen molar-refractivity contribution < 1.29 is 19.4 Å². The molecule has 0 saturated carbocycles. The molecule has 1 aliphatic heterocycles. The molecular weight excluding hydrogens is 517 g/mol. The second-order valence-electron chi connectivity index (χ2n) is 6.66. The Morgan fingerprint density at radius 1 is 1.12 bits per heavy atom. The Morgan fingerprint density at radius 2 is 1.81 bits per heavy atom. The van der Waals surface area contributed by atoms with Gasteiger partial charge in [0.25, 0.3) is 0 Å². The smallest absolute Gasteiger partial charge is 0.305 e. The predicted octanol–water partition coefficient (Wildman–Crippen LogP) is 5.70. The highest BCUT2D eigenvalue weighted by Crippen LogP contribution is 2.47. The van der Waals surface area contributed by atoms with E-state index in [1.807, 2.05) is 30.3 Å². The molecule has 0 bridgehead atoms. The Hall–Kier alpha value is -2.04. The average Bonchev–Trinajstić information content (AvgIpc) is 3.32. The second kappa shape index (κ2) is 9.84. The summed E-state index contributed by atoms with van der Waals surface area (Å²) in [6.45, 7) is 0.0302. The third kappa shape index (κ3) is 4.97. The zero-order valence-electron chi connectivity index (χ0n) is 16.1. The van der Waals surface area contributed by atoms with E-state index < -0.39 is 16.6 Å². The van der Waals surface area contributed by atoms with Crippen LogP contribution in [0.1, 0.15) is 22.4 Å². The van der Waals surface area contributed by atoms with Gasteiger partial charge in [0.1, 0.15) is 12.0 Å². The van der Waals surface area contributed by atoms with Crippen molar-refractivity contribution in [3.05, 3.63) is 68.1 Å². The predicted molar refractivity (Wildman–Crippen MR) is 126 cm³/mol. The zero-order chi connectivity index (χ0) is 22.8. The van der Waals surface area contributed by atoms with Crippen LogP contribution in [0, 0.1) is 0 Å². The summed E-state index contributed by atoms with van der Waals surface area (Å²) in [5.41, 5.74) is 0.867. The first-order chi connectivity index (χ1) is 15.3. The van der Waals surface area contributed by atoms with Crippen LogP contribution in [0.5, 0.6) is 5.75 Å². The summed E-state index contributed by atoms with van der Waals surface area (Å²) < 4.78 is 5.70. The molecule has 2 atom stereocenters. The fraction of sp³-hybridized carbons (Fsp3) is 0.200. The van der Waals surface area contributed by atoms with Gasteiger partial charge in [-0.05, 0) is 17.7 Å². The molecule has 0 spiro atoms. The molecule has 12 heteroatoms. The molecule has 0 aliphatic carbocycles. The molecule has 166 valence electrons. The molecule has 2 unspecified atom stereocenters. The lowest BCUT2D eigenvalue weighted by molar-refractivity contribution is -0.138. The van der Waals surface area contributed by atoms with Crippen LogP contribution in [0.3, 0.4) is 0 Å². The van der Waals surface area contributed by atoms with Crippen LogP contribution in [-0.2, 0) is 16.2 Å². The van der Waals surface area contributed by atoms with Crippen molar-refractivity contribution in [2.75, 3.05) is 4.90 Å². The molecule has 2 heterocycles. The maximum atomic E-state index is 13.0. The summed E-state index contributed by atoms with van der Waals surface area (Å²) in [7, 11) is 0. The third-order valence-electron chi connectivity index (χ3n) is 4.45. The van der Waals surface area contributed by atoms with E-state index in [0.29, 0.717) is 15.2 Å². The number of aliphatic carboxylic acids is 1. The van der Waals surface area contributed by atoms with Crippen LogP contribution in [0.2, 0.25) is 15.1 Å². The number of hydrogen-bond acceptors (Lipinski definition) is 7. The van der Waals surface area contributed by atoms with Gasteiger partial charge in [-0.15, -0.1) is 22.0 Å². The van der Waals surface area contributed by atoms with Crippen molar-refractivity contribution in [1.29, 1.82) is 0 Å². The van der Waals surface area contributed by atoms with Gasteiger partial charge in [0, 0.05) is 5.02 Å². The number of carbonyl (C=O) groups is 2. The molecule has 4 rings (SSSR count). The summed E-state index contributed by atoms with van der Waals surface area (Å²) in [6, 6.07) is 12.4. The molecule has 1 saturated heterocycles. The lowest BCUT2D eigenvalue weighted by Crippen LogP contribution is -2.31. The van der Waals surface area contributed by atoms with Crippen molar-refractivity contribution in [2.24, 2.45) is 0 Å². The van der Waals surface area contributed by atoms with Gasteiger partial charge in [-0.1, -0.05) is 76.5 Å². The molecule has 3 aromatic rings. The number of aromatic nitrogens is 2. The molecule has 1 fully saturated rings. The van der Waals surface area contributed by atoms with E-state index in [2.05, 4.69) is 10.2 Å². The van der Waals surface area contributed by atoms with Crippen LogP contribution in [-0.4, -0.2) is 32.4 Å². The first kappa shape index (κ1) is 23.1. The summed E-state index contributed by atoms with van der Waals surface area (Å²) in [4.78, 5) is 25.8. The minimum atomic E-state index is -1.03. The first-order valence-electron chi connectivity index (χ1n) is 9.18. The minimum absolute atomic E-state index is 0.0302. The summed E-state index contributed by atoms with van der Waals surface area (Å²) in [5.74, 6) is -1.09. The van der Waals surface area contributed by atoms with Crippen LogP contribution in [0.25, 0.3) is 0 Å². The quantitative estimate of drug-likeness (QED) is 0.419. The Morgan fingerprint density at radius 3 is 2.47 bits per heavy atom. The van der Waals surface area contributed by atoms with Gasteiger partial charge in [0.2, 0.25) is 11.0 Å². The number of benzene rings is 2. The van der Waals surface area contributed by atoms with E-state index in [0.717, 1.165) is 5.56 Å². The number of ether oxygens (including phenoxy) is 1. The average molecular weight is 531 g/mol. The van der Waals surface area contributed by atoms with E-state index >= 15 is 0 Å². The Bertz CT molecular complexity index is 1140. The molecular formula is C20H14Cl3N3O4S2. The second-order valence-corrected chi connectivity index (χ2v) is 10.2. The monoisotopic (exact) mass is 529 g/mol. The van der Waals surface area contributed by atoms with E-state index in [4.69, 9.17) is 39.5 Å². The lowest BCUT2D eigenvalue weighted by atomic mass is 10.2. The van der Waals surface area contributed by atoms with Crippen molar-refractivity contribution in [3.63, 3.8) is 0 Å². The van der Waals surface area contributed by atoms with Crippen molar-refractivity contribution in [1.82, 2.24) is 10.2 Å². The summed E-state index contributed by atoms with van der Waals surface area (Å²) >= 11 is 20.7. The number of carbonyl (C=O) groups excluding carboxylic acids is 1. The number of rotatable bonds is 7. The van der Waals surface area contributed by atoms with Crippen LogP contribution in [0.15, 0.2) is 42.5 Å². The number of hydrogen-bond donors (Lipinski definition) is 1. The number of thioether (sulfide) groups is 1. The molecule has 0 radical (unpaired) electrons. The standard InChI is InChI=1S/C20H14Cl3N3O4S2/c21-11-6-12(22)17(13(23)7-11)30-9-15-24-25-20(32-15)26-18(29)14(8-16(27)28)31-19(26)10-4-2-1-3-5-10/h1-7,14,19H,8-9H2,(H,27,28). The maximum absolute atomic E-state index is 13.0. The topological polar surface area (TPSA) is 92.6 Å². The number of carboxylic acid groups (broad SMARTS) is 1. The van der Waals surface area contributed by atoms with Gasteiger partial charge in [-0.3, -0.25) is 14.5 Å². The number of nitrogens with zero attached hydrogens (tertiary/aromatic N) is 3. The molecule has 2 aromatic carbocycles. The van der Waals surface area contributed by atoms with Gasteiger partial charge in [-0.2, -0.15) is 0 Å². The van der Waals surface area contributed by atoms with Gasteiger partial charge >= 0.3 is 5.97 Å². The number of anilines is 1. The minimum Gasteiger partial charge on any atom is -0.483 e. The largest absolute Gasteiger partial charge is 0.483 e. The summed E-state index contributed by atoms with van der Waals surface area (Å²) in [5, 5.41) is 18.1. The first-order valence-corrected chi connectivity index (χ1v) is 12.1. The van der Waals surface area contributed by atoms with Crippen molar-refractivity contribution >= 4 is 74.9 Å². The normalized spacial score (nSPS) is 18.2. The molecule has 1 aromatic heterocycles. The Kier molecular flexibility index (Phi) is 7.11. The van der Waals surface area contributed by atoms with Gasteiger partial charge in [0.05, 0.1) is 21.7 Å². The highest BCUT2D eigenvalue weighted by atomic mass is 35.5. The van der Waals surface area contributed by atoms with E-state index in [-0.39, 0.29) is 34.7 Å². The fourth-order valence-corrected chi connectivity index (χ4v) is 6.28. The molecule has 1 N–H and O–H groups in total. The number of halogens is 3. The van der Waals surface area contributed by atoms with Gasteiger partial charge in [0.15, 0.2) is 10.8 Å². The van der Waals surface area contributed by atoms with Crippen molar-refractivity contribution in [2.45, 2.75) is 23.7 Å². The van der Waals surface area contributed by atoms with E-state index in [9.17, 15) is 14.7 Å². The number of carboxylic acids is 1. The molecule has 1 amide bonds. The van der Waals surface area contributed by atoms with Crippen LogP contribution < -0.4 is 9.64 Å².